The third kappa shape index (κ3) is 7.56. The second-order valence-electron chi connectivity index (χ2n) is 13.2. The van der Waals surface area contributed by atoms with E-state index in [1.807, 2.05) is 82.3 Å². The Morgan fingerprint density at radius 2 is 1.54 bits per heavy atom. The van der Waals surface area contributed by atoms with Crippen molar-refractivity contribution in [1.29, 1.82) is 0 Å². The number of hydrogen-bond donors (Lipinski definition) is 1. The van der Waals surface area contributed by atoms with E-state index in [-0.39, 0.29) is 60.4 Å². The number of fused-ring (bicyclic) bond motifs is 6. The zero-order valence-electron chi connectivity index (χ0n) is 31.9. The van der Waals surface area contributed by atoms with Crippen LogP contribution in [0.1, 0.15) is 89.6 Å². The van der Waals surface area contributed by atoms with E-state index >= 15 is 0 Å². The van der Waals surface area contributed by atoms with Crippen LogP contribution in [0.2, 0.25) is 0 Å². The molecule has 5 nitrogen and oxygen atoms in total. The normalized spacial score (nSPS) is 13.4. The van der Waals surface area contributed by atoms with Crippen molar-refractivity contribution in [3.63, 3.8) is 0 Å². The predicted octanol–water partition coefficient (Wildman–Crippen LogP) is 11.6. The van der Waals surface area contributed by atoms with E-state index in [1.165, 1.54) is 6.08 Å². The Kier molecular flexibility index (Phi) is 10.6. The number of hydrogen-bond acceptors (Lipinski definition) is 5. The van der Waals surface area contributed by atoms with Crippen molar-refractivity contribution in [3.8, 4) is 11.3 Å². The van der Waals surface area contributed by atoms with Crippen LogP contribution < -0.4 is 0 Å². The summed E-state index contributed by atoms with van der Waals surface area (Å²) < 4.78 is 30.2. The summed E-state index contributed by atoms with van der Waals surface area (Å²) in [6.45, 7) is 12.1. The molecule has 0 spiro atoms. The van der Waals surface area contributed by atoms with Gasteiger partial charge in [-0.15, -0.1) is 29.1 Å². The monoisotopic (exact) mass is 823 g/mol. The van der Waals surface area contributed by atoms with Crippen LogP contribution in [0.3, 0.4) is 0 Å². The second-order valence-corrected chi connectivity index (χ2v) is 13.2. The van der Waals surface area contributed by atoms with Crippen LogP contribution in [0.4, 0.5) is 0 Å². The number of rotatable bonds is 8. The van der Waals surface area contributed by atoms with Gasteiger partial charge in [-0.2, -0.15) is 4.98 Å². The minimum Gasteiger partial charge on any atom is -0.512 e. The van der Waals surface area contributed by atoms with Crippen LogP contribution in [-0.4, -0.2) is 20.9 Å². The van der Waals surface area contributed by atoms with Crippen LogP contribution in [0, 0.1) is 24.8 Å². The summed E-state index contributed by atoms with van der Waals surface area (Å²) in [4.78, 5) is 20.7. The standard InChI is InChI=1S/C29H23N2O.C13H24O2.Ir/c1-17-30-26(20-15-19-10-6-7-11-21(19)24(16-20)29(2,3)4)25-23-14-13-18-9-5-8-12-22(18)27(23)32-28(25)31-17;1-5-10(6-2)12(14)9-13(15)11(7-3)8-4;/h5-14,16H,1-4H3;9-11,14H,5-8H2,1-4H3;/q-1;;/b;12-9-;/i1D3;;. The van der Waals surface area contributed by atoms with E-state index in [0.29, 0.717) is 16.7 Å². The molecule has 48 heavy (non-hydrogen) atoms. The summed E-state index contributed by atoms with van der Waals surface area (Å²) in [5.74, 6) is 0.313. The molecule has 0 atom stereocenters. The molecule has 0 aliphatic rings. The number of aryl methyl sites for hydroxylation is 1. The van der Waals surface area contributed by atoms with Crippen LogP contribution in [0.15, 0.2) is 83.0 Å². The van der Waals surface area contributed by atoms with Gasteiger partial charge < -0.3 is 9.52 Å². The fraction of sp³-hybridized carbons (Fsp3) is 0.357. The van der Waals surface area contributed by atoms with Crippen molar-refractivity contribution in [2.24, 2.45) is 11.8 Å². The molecular formula is C42H47IrN2O3-. The number of allylic oxidation sites excluding steroid dienone is 2. The topological polar surface area (TPSA) is 76.2 Å². The number of carbonyl (C=O) groups excluding carboxylic acids is 1. The first-order chi connectivity index (χ1) is 23.7. The third-order valence-electron chi connectivity index (χ3n) is 9.14. The Bertz CT molecular complexity index is 2190. The van der Waals surface area contributed by atoms with E-state index in [0.717, 1.165) is 63.7 Å². The van der Waals surface area contributed by atoms with Crippen molar-refractivity contribution in [2.45, 2.75) is 86.4 Å². The smallest absolute Gasteiger partial charge is 0.223 e. The maximum atomic E-state index is 11.7. The molecule has 253 valence electrons. The van der Waals surface area contributed by atoms with Gasteiger partial charge in [0.05, 0.1) is 5.76 Å². The van der Waals surface area contributed by atoms with Crippen molar-refractivity contribution in [3.05, 3.63) is 96.0 Å². The van der Waals surface area contributed by atoms with Gasteiger partial charge in [0.2, 0.25) is 5.71 Å². The number of furan rings is 1. The van der Waals surface area contributed by atoms with Crippen LogP contribution in [-0.2, 0) is 30.3 Å². The number of benzene rings is 4. The van der Waals surface area contributed by atoms with Gasteiger partial charge in [-0.3, -0.25) is 9.78 Å². The minimum absolute atomic E-state index is 0. The Balaban J connectivity index is 0.000000312. The molecule has 0 aliphatic carbocycles. The number of nitrogens with zero attached hydrogens (tertiary/aromatic N) is 2. The van der Waals surface area contributed by atoms with Gasteiger partial charge in [-0.25, -0.2) is 0 Å². The molecule has 1 N–H and O–H groups in total. The van der Waals surface area contributed by atoms with E-state index in [4.69, 9.17) is 8.53 Å². The van der Waals surface area contributed by atoms with E-state index in [9.17, 15) is 9.90 Å². The van der Waals surface area contributed by atoms with Gasteiger partial charge in [0.25, 0.3) is 0 Å². The summed E-state index contributed by atoms with van der Waals surface area (Å²) in [5.41, 5.74) is 3.19. The molecule has 1 radical (unpaired) electrons. The SMILES string of the molecule is CCC(CC)C(=O)/C=C(\O)C(CC)CC.[2H]C([2H])([2H])c1nc(-c2[c-]c3ccccc3c(C(C)(C)C)c2)c2c(n1)oc1c3ccccc3ccc12.[Ir]. The summed E-state index contributed by atoms with van der Waals surface area (Å²) in [7, 11) is 0. The number of ketones is 1. The molecule has 0 fully saturated rings. The van der Waals surface area contributed by atoms with Crippen molar-refractivity contribution in [2.75, 3.05) is 0 Å². The average Bonchev–Trinajstić information content (AvgIpc) is 3.47. The zero-order valence-corrected chi connectivity index (χ0v) is 31.3. The molecule has 0 unspecified atom stereocenters. The van der Waals surface area contributed by atoms with Crippen LogP contribution in [0.5, 0.6) is 0 Å². The first-order valence-corrected chi connectivity index (χ1v) is 16.7. The van der Waals surface area contributed by atoms with Crippen LogP contribution in [0.25, 0.3) is 54.9 Å². The molecule has 0 saturated carbocycles. The molecule has 4 aromatic carbocycles. The van der Waals surface area contributed by atoms with E-state index in [2.05, 4.69) is 48.9 Å². The van der Waals surface area contributed by atoms with Gasteiger partial charge in [-0.05, 0) is 43.3 Å². The van der Waals surface area contributed by atoms with Gasteiger partial charge in [0, 0.05) is 64.0 Å². The molecule has 0 amide bonds. The summed E-state index contributed by atoms with van der Waals surface area (Å²) in [5, 5.41) is 15.4. The van der Waals surface area contributed by atoms with E-state index < -0.39 is 6.85 Å². The molecule has 0 aliphatic heterocycles. The summed E-state index contributed by atoms with van der Waals surface area (Å²) >= 11 is 0. The Morgan fingerprint density at radius 1 is 0.896 bits per heavy atom. The number of aliphatic hydroxyl groups is 1. The Labute approximate surface area is 302 Å². The fourth-order valence-electron chi connectivity index (χ4n) is 6.36. The number of aromatic nitrogens is 2. The van der Waals surface area contributed by atoms with Crippen molar-refractivity contribution >= 4 is 49.4 Å². The zero-order chi connectivity index (χ0) is 36.4. The molecule has 0 saturated heterocycles. The molecule has 6 rings (SSSR count). The first-order valence-electron chi connectivity index (χ1n) is 18.2. The molecule has 2 heterocycles. The molecule has 2 aromatic heterocycles. The van der Waals surface area contributed by atoms with Gasteiger partial charge in [0.1, 0.15) is 11.4 Å². The fourth-order valence-corrected chi connectivity index (χ4v) is 6.36. The quantitative estimate of drug-likeness (QED) is 0.0940. The van der Waals surface area contributed by atoms with E-state index in [1.54, 1.807) is 0 Å². The summed E-state index contributed by atoms with van der Waals surface area (Å²) in [6, 6.07) is 25.7. The average molecular weight is 823 g/mol. The Hall–Kier alpha value is -3.86. The summed E-state index contributed by atoms with van der Waals surface area (Å²) in [6.07, 6.45) is 4.91. The largest absolute Gasteiger partial charge is 0.512 e. The predicted molar refractivity (Wildman–Crippen MR) is 196 cm³/mol. The molecule has 6 heteroatoms. The second kappa shape index (κ2) is 15.6. The first kappa shape index (κ1) is 32.7. The van der Waals surface area contributed by atoms with Crippen LogP contribution >= 0.6 is 0 Å². The Morgan fingerprint density at radius 3 is 2.19 bits per heavy atom. The van der Waals surface area contributed by atoms with Gasteiger partial charge in [-0.1, -0.05) is 114 Å². The molecule has 6 aromatic rings. The molecular weight excluding hydrogens is 773 g/mol. The maximum absolute atomic E-state index is 11.7. The van der Waals surface area contributed by atoms with Gasteiger partial charge in [0.15, 0.2) is 5.78 Å². The number of aliphatic hydroxyl groups excluding tert-OH is 1. The van der Waals surface area contributed by atoms with Gasteiger partial charge >= 0.3 is 0 Å². The maximum Gasteiger partial charge on any atom is 0.223 e. The van der Waals surface area contributed by atoms with Crippen molar-refractivity contribution in [1.82, 2.24) is 9.97 Å². The minimum atomic E-state index is -2.48. The third-order valence-corrected chi connectivity index (χ3v) is 9.14. The van der Waals surface area contributed by atoms with Crippen molar-refractivity contribution < 1.29 is 38.5 Å². The molecule has 0 bridgehead atoms. The number of carbonyl (C=O) groups is 1.